The summed E-state index contributed by atoms with van der Waals surface area (Å²) in [6.45, 7) is 0.788. The molecule has 130 valence electrons. The van der Waals surface area contributed by atoms with Gasteiger partial charge in [0.25, 0.3) is 5.91 Å². The van der Waals surface area contributed by atoms with E-state index in [9.17, 15) is 9.59 Å². The average Bonchev–Trinajstić information content (AvgIpc) is 2.66. The molecule has 0 aliphatic carbocycles. The Kier molecular flexibility index (Phi) is 5.18. The molecule has 2 aromatic carbocycles. The Balaban J connectivity index is 1.66. The number of rotatable bonds is 5. The SMILES string of the molecule is COC(=O)COc1ccc(NC(=O)c2cccc3c2CCCN3)cc1. The number of carbonyl (C=O) groups is 2. The highest BCUT2D eigenvalue weighted by molar-refractivity contribution is 6.06. The molecule has 6 nitrogen and oxygen atoms in total. The van der Waals surface area contributed by atoms with Gasteiger partial charge in [0.2, 0.25) is 0 Å². The molecule has 3 rings (SSSR count). The van der Waals surface area contributed by atoms with Crippen LogP contribution in [0.4, 0.5) is 11.4 Å². The van der Waals surface area contributed by atoms with E-state index < -0.39 is 5.97 Å². The van der Waals surface area contributed by atoms with Crippen LogP contribution in [0.25, 0.3) is 0 Å². The van der Waals surface area contributed by atoms with Crippen LogP contribution >= 0.6 is 0 Å². The predicted molar refractivity (Wildman–Crippen MR) is 95.2 cm³/mol. The van der Waals surface area contributed by atoms with Crippen molar-refractivity contribution in [3.05, 3.63) is 53.6 Å². The monoisotopic (exact) mass is 340 g/mol. The Hall–Kier alpha value is -3.02. The highest BCUT2D eigenvalue weighted by atomic mass is 16.6. The van der Waals surface area contributed by atoms with Crippen LogP contribution in [-0.2, 0) is 16.0 Å². The molecule has 0 unspecified atom stereocenters. The molecule has 0 atom stereocenters. The van der Waals surface area contributed by atoms with Crippen molar-refractivity contribution in [2.45, 2.75) is 12.8 Å². The Morgan fingerprint density at radius 2 is 1.96 bits per heavy atom. The second-order valence-corrected chi connectivity index (χ2v) is 5.71. The van der Waals surface area contributed by atoms with Crippen molar-refractivity contribution in [2.24, 2.45) is 0 Å². The number of nitrogens with one attached hydrogen (secondary N) is 2. The van der Waals surface area contributed by atoms with E-state index in [0.29, 0.717) is 17.0 Å². The molecule has 0 fully saturated rings. The third kappa shape index (κ3) is 4.09. The normalized spacial score (nSPS) is 12.5. The molecule has 6 heteroatoms. The maximum Gasteiger partial charge on any atom is 0.343 e. The molecule has 1 aliphatic heterocycles. The van der Waals surface area contributed by atoms with Crippen molar-refractivity contribution >= 4 is 23.3 Å². The number of ether oxygens (including phenoxy) is 2. The van der Waals surface area contributed by atoms with Crippen molar-refractivity contribution in [3.8, 4) is 5.75 Å². The molecule has 2 aromatic rings. The zero-order chi connectivity index (χ0) is 17.6. The summed E-state index contributed by atoms with van der Waals surface area (Å²) in [4.78, 5) is 23.7. The lowest BCUT2D eigenvalue weighted by molar-refractivity contribution is -0.142. The summed E-state index contributed by atoms with van der Waals surface area (Å²) in [7, 11) is 1.31. The number of esters is 1. The number of carbonyl (C=O) groups excluding carboxylic acids is 2. The maximum absolute atomic E-state index is 12.6. The van der Waals surface area contributed by atoms with Gasteiger partial charge in [-0.1, -0.05) is 6.07 Å². The van der Waals surface area contributed by atoms with Gasteiger partial charge in [0.05, 0.1) is 7.11 Å². The molecule has 25 heavy (non-hydrogen) atoms. The van der Waals surface area contributed by atoms with Gasteiger partial charge >= 0.3 is 5.97 Å². The van der Waals surface area contributed by atoms with E-state index in [2.05, 4.69) is 15.4 Å². The number of anilines is 2. The molecule has 0 aromatic heterocycles. The van der Waals surface area contributed by atoms with Gasteiger partial charge in [-0.25, -0.2) is 4.79 Å². The third-order valence-electron chi connectivity index (χ3n) is 4.04. The fraction of sp³-hybridized carbons (Fsp3) is 0.263. The van der Waals surface area contributed by atoms with Crippen LogP contribution in [0.1, 0.15) is 22.3 Å². The van der Waals surface area contributed by atoms with E-state index in [1.807, 2.05) is 18.2 Å². The van der Waals surface area contributed by atoms with Gasteiger partial charge < -0.3 is 20.1 Å². The van der Waals surface area contributed by atoms with Gasteiger partial charge in [0, 0.05) is 23.5 Å². The Labute approximate surface area is 146 Å². The molecular weight excluding hydrogens is 320 g/mol. The van der Waals surface area contributed by atoms with Crippen LogP contribution in [0.3, 0.4) is 0 Å². The standard InChI is InChI=1S/C19H20N2O4/c1-24-18(22)12-25-14-9-7-13(8-10-14)21-19(23)16-4-2-6-17-15(16)5-3-11-20-17/h2,4,6-10,20H,3,5,11-12H2,1H3,(H,21,23). The van der Waals surface area contributed by atoms with Gasteiger partial charge in [-0.05, 0) is 54.8 Å². The number of methoxy groups -OCH3 is 1. The summed E-state index contributed by atoms with van der Waals surface area (Å²) >= 11 is 0. The zero-order valence-electron chi connectivity index (χ0n) is 14.0. The minimum atomic E-state index is -0.445. The van der Waals surface area contributed by atoms with Gasteiger partial charge in [-0.15, -0.1) is 0 Å². The first kappa shape index (κ1) is 16.8. The quantitative estimate of drug-likeness (QED) is 0.819. The smallest absolute Gasteiger partial charge is 0.343 e. The van der Waals surface area contributed by atoms with E-state index in [4.69, 9.17) is 4.74 Å². The highest BCUT2D eigenvalue weighted by Crippen LogP contribution is 2.26. The Morgan fingerprint density at radius 3 is 2.72 bits per heavy atom. The van der Waals surface area contributed by atoms with E-state index in [1.54, 1.807) is 24.3 Å². The molecule has 0 bridgehead atoms. The topological polar surface area (TPSA) is 76.7 Å². The molecule has 0 saturated carbocycles. The summed E-state index contributed by atoms with van der Waals surface area (Å²) in [6, 6.07) is 12.6. The number of fused-ring (bicyclic) bond motifs is 1. The van der Waals surface area contributed by atoms with E-state index in [1.165, 1.54) is 7.11 Å². The minimum Gasteiger partial charge on any atom is -0.482 e. The third-order valence-corrected chi connectivity index (χ3v) is 4.04. The fourth-order valence-electron chi connectivity index (χ4n) is 2.76. The first-order chi connectivity index (χ1) is 12.2. The largest absolute Gasteiger partial charge is 0.482 e. The van der Waals surface area contributed by atoms with Crippen molar-refractivity contribution in [1.82, 2.24) is 0 Å². The lowest BCUT2D eigenvalue weighted by Crippen LogP contribution is -2.19. The first-order valence-corrected chi connectivity index (χ1v) is 8.14. The zero-order valence-corrected chi connectivity index (χ0v) is 14.0. The summed E-state index contributed by atoms with van der Waals surface area (Å²) in [6.07, 6.45) is 1.91. The molecule has 2 N–H and O–H groups in total. The summed E-state index contributed by atoms with van der Waals surface area (Å²) < 4.78 is 9.80. The Morgan fingerprint density at radius 1 is 1.16 bits per heavy atom. The van der Waals surface area contributed by atoms with Crippen molar-refractivity contribution < 1.29 is 19.1 Å². The van der Waals surface area contributed by atoms with E-state index in [-0.39, 0.29) is 12.5 Å². The van der Waals surface area contributed by atoms with Crippen molar-refractivity contribution in [1.29, 1.82) is 0 Å². The van der Waals surface area contributed by atoms with Gasteiger partial charge in [0.1, 0.15) is 5.75 Å². The minimum absolute atomic E-state index is 0.135. The summed E-state index contributed by atoms with van der Waals surface area (Å²) in [5.41, 5.74) is 3.45. The molecular formula is C19H20N2O4. The molecule has 1 amide bonds. The van der Waals surface area contributed by atoms with E-state index >= 15 is 0 Å². The second-order valence-electron chi connectivity index (χ2n) is 5.71. The lowest BCUT2D eigenvalue weighted by Gasteiger charge is -2.20. The molecule has 0 spiro atoms. The van der Waals surface area contributed by atoms with Gasteiger partial charge in [-0.3, -0.25) is 4.79 Å². The molecule has 1 aliphatic rings. The average molecular weight is 340 g/mol. The lowest BCUT2D eigenvalue weighted by atomic mass is 9.97. The molecule has 1 heterocycles. The van der Waals surface area contributed by atoms with Crippen molar-refractivity contribution in [3.63, 3.8) is 0 Å². The predicted octanol–water partition coefficient (Wildman–Crippen LogP) is 2.85. The Bertz CT molecular complexity index is 771. The van der Waals surface area contributed by atoms with Crippen molar-refractivity contribution in [2.75, 3.05) is 30.9 Å². The van der Waals surface area contributed by atoms with Crippen LogP contribution in [0.5, 0.6) is 5.75 Å². The number of amides is 1. The van der Waals surface area contributed by atoms with Crippen LogP contribution in [0.2, 0.25) is 0 Å². The summed E-state index contributed by atoms with van der Waals surface area (Å²) in [5.74, 6) is -0.0479. The molecule has 0 radical (unpaired) electrons. The fourth-order valence-corrected chi connectivity index (χ4v) is 2.76. The van der Waals surface area contributed by atoms with Gasteiger partial charge in [0.15, 0.2) is 6.61 Å². The number of hydrogen-bond acceptors (Lipinski definition) is 5. The second kappa shape index (κ2) is 7.70. The number of benzene rings is 2. The van der Waals surface area contributed by atoms with Crippen LogP contribution < -0.4 is 15.4 Å². The van der Waals surface area contributed by atoms with E-state index in [0.717, 1.165) is 30.6 Å². The maximum atomic E-state index is 12.6. The van der Waals surface area contributed by atoms with Crippen LogP contribution in [0.15, 0.2) is 42.5 Å². The van der Waals surface area contributed by atoms with Crippen LogP contribution in [0, 0.1) is 0 Å². The number of hydrogen-bond donors (Lipinski definition) is 2. The highest BCUT2D eigenvalue weighted by Gasteiger charge is 2.17. The van der Waals surface area contributed by atoms with Gasteiger partial charge in [-0.2, -0.15) is 0 Å². The van der Waals surface area contributed by atoms with Crippen LogP contribution in [-0.4, -0.2) is 32.1 Å². The first-order valence-electron chi connectivity index (χ1n) is 8.14. The summed E-state index contributed by atoms with van der Waals surface area (Å²) in [5, 5.41) is 6.22. The molecule has 0 saturated heterocycles.